The van der Waals surface area contributed by atoms with Crippen LogP contribution in [0.4, 0.5) is 13.2 Å². The average Bonchev–Trinajstić information content (AvgIpc) is 2.52. The van der Waals surface area contributed by atoms with E-state index in [9.17, 15) is 22.8 Å². The molecule has 3 rings (SSSR count). The monoisotopic (exact) mass is 349 g/mol. The van der Waals surface area contributed by atoms with Gasteiger partial charge < -0.3 is 5.32 Å². The van der Waals surface area contributed by atoms with Crippen LogP contribution in [0.15, 0.2) is 47.3 Å². The van der Waals surface area contributed by atoms with Crippen molar-refractivity contribution in [3.05, 3.63) is 58.4 Å². The summed E-state index contributed by atoms with van der Waals surface area (Å²) in [7, 11) is 0. The lowest BCUT2D eigenvalue weighted by Crippen LogP contribution is -2.32. The number of carbonyl (C=O) groups excluding carboxylic acids is 2. The van der Waals surface area contributed by atoms with Crippen LogP contribution in [0.3, 0.4) is 0 Å². The number of rotatable bonds is 2. The molecule has 0 spiro atoms. The highest BCUT2D eigenvalue weighted by molar-refractivity contribution is 6.11. The Labute approximate surface area is 143 Å². The molecule has 0 saturated carbocycles. The van der Waals surface area contributed by atoms with Gasteiger partial charge in [0.25, 0.3) is 0 Å². The lowest BCUT2D eigenvalue weighted by Gasteiger charge is -2.34. The normalized spacial score (nSPS) is 19.9. The largest absolute Gasteiger partial charge is 0.416 e. The number of Topliss-reactive ketones (excluding diaryl/α,β-unsaturated/α-hetero) is 2. The van der Waals surface area contributed by atoms with Crippen LogP contribution in [0, 0.1) is 5.41 Å². The molecule has 0 bridgehead atoms. The molecule has 6 heteroatoms. The second kappa shape index (κ2) is 5.86. The molecule has 1 aliphatic carbocycles. The fourth-order valence-corrected chi connectivity index (χ4v) is 3.26. The number of nitrogens with one attached hydrogen (secondary N) is 1. The van der Waals surface area contributed by atoms with E-state index in [0.717, 1.165) is 24.3 Å². The smallest absolute Gasteiger partial charge is 0.364 e. The Morgan fingerprint density at radius 1 is 1.12 bits per heavy atom. The number of alkyl halides is 3. The Morgan fingerprint density at radius 2 is 1.76 bits per heavy atom. The molecule has 1 aromatic rings. The van der Waals surface area contributed by atoms with Gasteiger partial charge in [0.15, 0.2) is 11.6 Å². The van der Waals surface area contributed by atoms with E-state index in [4.69, 9.17) is 0 Å². The predicted molar refractivity (Wildman–Crippen MR) is 86.7 cm³/mol. The van der Waals surface area contributed by atoms with Crippen molar-refractivity contribution in [2.45, 2.75) is 39.3 Å². The van der Waals surface area contributed by atoms with Crippen LogP contribution in [-0.4, -0.2) is 11.6 Å². The Bertz CT molecular complexity index is 799. The zero-order valence-electron chi connectivity index (χ0n) is 14.0. The van der Waals surface area contributed by atoms with Gasteiger partial charge in [-0.15, -0.1) is 0 Å². The third kappa shape index (κ3) is 3.52. The third-order valence-corrected chi connectivity index (χ3v) is 4.55. The SMILES string of the molecule is CC1(C)CC(=O)C2=C(C1)NC=C(C(=O)c1ccc(C(F)(F)F)cc1)C2. The van der Waals surface area contributed by atoms with Crippen LogP contribution in [-0.2, 0) is 11.0 Å². The van der Waals surface area contributed by atoms with E-state index in [1.54, 1.807) is 6.20 Å². The molecule has 3 nitrogen and oxygen atoms in total. The fourth-order valence-electron chi connectivity index (χ4n) is 3.26. The number of ketones is 2. The van der Waals surface area contributed by atoms with Crippen LogP contribution in [0.25, 0.3) is 0 Å². The van der Waals surface area contributed by atoms with Gasteiger partial charge in [0.05, 0.1) is 5.56 Å². The summed E-state index contributed by atoms with van der Waals surface area (Å²) in [5.41, 5.74) is 1.09. The van der Waals surface area contributed by atoms with Crippen molar-refractivity contribution in [1.82, 2.24) is 5.32 Å². The standard InChI is InChI=1S/C19H18F3NO2/c1-18(2)8-15-14(16(24)9-18)7-12(10-23-15)17(25)11-3-5-13(6-4-11)19(20,21)22/h3-6,10,23H,7-9H2,1-2H3. The molecule has 0 aromatic heterocycles. The van der Waals surface area contributed by atoms with Crippen molar-refractivity contribution in [2.24, 2.45) is 5.41 Å². The Balaban J connectivity index is 1.79. The Hall–Kier alpha value is -2.37. The molecule has 0 unspecified atom stereocenters. The lowest BCUT2D eigenvalue weighted by atomic mass is 9.73. The molecule has 0 radical (unpaired) electrons. The van der Waals surface area contributed by atoms with Gasteiger partial charge in [-0.3, -0.25) is 9.59 Å². The summed E-state index contributed by atoms with van der Waals surface area (Å²) in [4.78, 5) is 24.9. The fraction of sp³-hybridized carbons (Fsp3) is 0.368. The minimum atomic E-state index is -4.44. The van der Waals surface area contributed by atoms with Gasteiger partial charge in [0, 0.05) is 41.4 Å². The molecule has 132 valence electrons. The topological polar surface area (TPSA) is 46.2 Å². The molecule has 1 aromatic carbocycles. The van der Waals surface area contributed by atoms with Gasteiger partial charge in [-0.2, -0.15) is 13.2 Å². The van der Waals surface area contributed by atoms with Crippen LogP contribution >= 0.6 is 0 Å². The number of dihydropyridines is 1. The van der Waals surface area contributed by atoms with Crippen LogP contribution in [0.5, 0.6) is 0 Å². The number of hydrogen-bond donors (Lipinski definition) is 1. The highest BCUT2D eigenvalue weighted by atomic mass is 19.4. The molecular weight excluding hydrogens is 331 g/mol. The van der Waals surface area contributed by atoms with Crippen molar-refractivity contribution >= 4 is 11.6 Å². The number of benzene rings is 1. The molecule has 0 amide bonds. The van der Waals surface area contributed by atoms with E-state index < -0.39 is 11.7 Å². The first-order valence-corrected chi connectivity index (χ1v) is 8.00. The minimum Gasteiger partial charge on any atom is -0.364 e. The van der Waals surface area contributed by atoms with E-state index >= 15 is 0 Å². The maximum Gasteiger partial charge on any atom is 0.416 e. The molecule has 1 aliphatic heterocycles. The molecule has 0 atom stereocenters. The summed E-state index contributed by atoms with van der Waals surface area (Å²) >= 11 is 0. The van der Waals surface area contributed by atoms with Gasteiger partial charge in [0.2, 0.25) is 0 Å². The van der Waals surface area contributed by atoms with E-state index in [1.807, 2.05) is 13.8 Å². The quantitative estimate of drug-likeness (QED) is 0.805. The molecule has 0 saturated heterocycles. The first-order chi connectivity index (χ1) is 11.6. The van der Waals surface area contributed by atoms with E-state index in [-0.39, 0.29) is 29.0 Å². The molecule has 0 fully saturated rings. The van der Waals surface area contributed by atoms with Gasteiger partial charge in [-0.1, -0.05) is 26.0 Å². The van der Waals surface area contributed by atoms with Crippen molar-refractivity contribution in [3.8, 4) is 0 Å². The predicted octanol–water partition coefficient (Wildman–Crippen LogP) is 4.41. The first-order valence-electron chi connectivity index (χ1n) is 8.00. The van der Waals surface area contributed by atoms with Gasteiger partial charge in [-0.05, 0) is 24.0 Å². The maximum absolute atomic E-state index is 12.6. The van der Waals surface area contributed by atoms with Crippen LogP contribution < -0.4 is 5.32 Å². The number of halogens is 3. The van der Waals surface area contributed by atoms with Gasteiger partial charge in [0.1, 0.15) is 0 Å². The summed E-state index contributed by atoms with van der Waals surface area (Å²) in [6.45, 7) is 4.03. The molecular formula is C19H18F3NO2. The second-order valence-electron chi connectivity index (χ2n) is 7.29. The zero-order chi connectivity index (χ0) is 18.4. The number of carbonyl (C=O) groups is 2. The van der Waals surface area contributed by atoms with Crippen LogP contribution in [0.1, 0.15) is 49.0 Å². The summed E-state index contributed by atoms with van der Waals surface area (Å²) in [6.07, 6.45) is -1.50. The van der Waals surface area contributed by atoms with Gasteiger partial charge >= 0.3 is 6.18 Å². The van der Waals surface area contributed by atoms with E-state index in [0.29, 0.717) is 17.6 Å². The molecule has 25 heavy (non-hydrogen) atoms. The van der Waals surface area contributed by atoms with E-state index in [2.05, 4.69) is 5.32 Å². The van der Waals surface area contributed by atoms with Gasteiger partial charge in [-0.25, -0.2) is 0 Å². The first kappa shape index (κ1) is 17.5. The number of allylic oxidation sites excluding steroid dienone is 3. The Kier molecular flexibility index (Phi) is 4.09. The highest BCUT2D eigenvalue weighted by Crippen LogP contribution is 2.39. The van der Waals surface area contributed by atoms with Crippen LogP contribution in [0.2, 0.25) is 0 Å². The summed E-state index contributed by atoms with van der Waals surface area (Å²) in [5, 5.41) is 3.04. The highest BCUT2D eigenvalue weighted by Gasteiger charge is 2.35. The zero-order valence-corrected chi connectivity index (χ0v) is 14.0. The Morgan fingerprint density at radius 3 is 2.36 bits per heavy atom. The molecule has 1 heterocycles. The minimum absolute atomic E-state index is 0.0181. The molecule has 2 aliphatic rings. The second-order valence-corrected chi connectivity index (χ2v) is 7.29. The van der Waals surface area contributed by atoms with Crippen molar-refractivity contribution < 1.29 is 22.8 Å². The summed E-state index contributed by atoms with van der Waals surface area (Å²) < 4.78 is 37.9. The maximum atomic E-state index is 12.6. The lowest BCUT2D eigenvalue weighted by molar-refractivity contribution is -0.137. The molecule has 1 N–H and O–H groups in total. The summed E-state index contributed by atoms with van der Waals surface area (Å²) in [5.74, 6) is -0.352. The van der Waals surface area contributed by atoms with E-state index in [1.165, 1.54) is 12.1 Å². The third-order valence-electron chi connectivity index (χ3n) is 4.55. The van der Waals surface area contributed by atoms with Crippen molar-refractivity contribution in [3.63, 3.8) is 0 Å². The summed E-state index contributed by atoms with van der Waals surface area (Å²) in [6, 6.07) is 4.12. The number of hydrogen-bond acceptors (Lipinski definition) is 3. The average molecular weight is 349 g/mol. The van der Waals surface area contributed by atoms with Crippen molar-refractivity contribution in [1.29, 1.82) is 0 Å². The van der Waals surface area contributed by atoms with Crippen molar-refractivity contribution in [2.75, 3.05) is 0 Å².